The average Bonchev–Trinajstić information content (AvgIpc) is 2.45. The maximum Gasteiger partial charge on any atom is 0.231 e. The van der Waals surface area contributed by atoms with Crippen molar-refractivity contribution in [3.8, 4) is 11.8 Å². The molecule has 1 unspecified atom stereocenters. The first-order valence-corrected chi connectivity index (χ1v) is 6.17. The summed E-state index contributed by atoms with van der Waals surface area (Å²) in [6.45, 7) is 4.09. The second-order valence-corrected chi connectivity index (χ2v) is 4.54. The number of anilines is 1. The van der Waals surface area contributed by atoms with Gasteiger partial charge in [-0.1, -0.05) is 6.92 Å². The highest BCUT2D eigenvalue weighted by atomic mass is 16.5. The fourth-order valence-corrected chi connectivity index (χ4v) is 1.43. The molecule has 0 heterocycles. The molecule has 1 rings (SSSR count). The molecule has 0 radical (unpaired) electrons. The van der Waals surface area contributed by atoms with Crippen LogP contribution in [0.2, 0.25) is 0 Å². The summed E-state index contributed by atoms with van der Waals surface area (Å²) in [6.07, 6.45) is 0.679. The van der Waals surface area contributed by atoms with Crippen LogP contribution in [0.25, 0.3) is 0 Å². The molecule has 5 nitrogen and oxygen atoms in total. The molecule has 0 fully saturated rings. The van der Waals surface area contributed by atoms with Gasteiger partial charge < -0.3 is 15.8 Å². The molecule has 1 atom stereocenters. The quantitative estimate of drug-likeness (QED) is 0.818. The largest absolute Gasteiger partial charge is 0.479 e. The number of carbonyl (C=O) groups excluding carboxylic acids is 1. The number of benzene rings is 1. The van der Waals surface area contributed by atoms with E-state index in [1.165, 1.54) is 0 Å². The average molecular weight is 261 g/mol. The van der Waals surface area contributed by atoms with Crippen LogP contribution in [0.4, 0.5) is 5.69 Å². The van der Waals surface area contributed by atoms with Gasteiger partial charge >= 0.3 is 0 Å². The highest BCUT2D eigenvalue weighted by molar-refractivity contribution is 5.95. The van der Waals surface area contributed by atoms with Crippen molar-refractivity contribution in [1.29, 1.82) is 5.26 Å². The Balaban J connectivity index is 2.68. The molecule has 0 aliphatic carbocycles. The smallest absolute Gasteiger partial charge is 0.231 e. The first-order chi connectivity index (χ1) is 9.05. The lowest BCUT2D eigenvalue weighted by molar-refractivity contribution is -0.124. The molecule has 19 heavy (non-hydrogen) atoms. The normalized spacial score (nSPS) is 13.2. The Bertz CT molecular complexity index is 459. The molecule has 0 saturated heterocycles. The lowest BCUT2D eigenvalue weighted by atomic mass is 9.86. The molecule has 0 saturated carbocycles. The van der Waals surface area contributed by atoms with E-state index in [4.69, 9.17) is 15.7 Å². The van der Waals surface area contributed by atoms with Crippen molar-refractivity contribution in [2.75, 3.05) is 18.5 Å². The number of rotatable bonds is 6. The first kappa shape index (κ1) is 15.0. The molecule has 1 aromatic carbocycles. The summed E-state index contributed by atoms with van der Waals surface area (Å²) in [4.78, 5) is 12.1. The maximum atomic E-state index is 12.1. The first-order valence-electron chi connectivity index (χ1n) is 6.17. The minimum Gasteiger partial charge on any atom is -0.479 e. The highest BCUT2D eigenvalue weighted by Crippen LogP contribution is 2.23. The Hall–Kier alpha value is -2.06. The van der Waals surface area contributed by atoms with Gasteiger partial charge in [-0.3, -0.25) is 4.79 Å². The zero-order valence-corrected chi connectivity index (χ0v) is 11.3. The molecule has 102 valence electrons. The molecule has 1 aromatic rings. The van der Waals surface area contributed by atoms with E-state index in [2.05, 4.69) is 5.32 Å². The van der Waals surface area contributed by atoms with Crippen molar-refractivity contribution in [2.24, 2.45) is 11.1 Å². The Morgan fingerprint density at radius 1 is 1.47 bits per heavy atom. The van der Waals surface area contributed by atoms with Gasteiger partial charge in [0.2, 0.25) is 5.91 Å². The van der Waals surface area contributed by atoms with Crippen LogP contribution in [0.15, 0.2) is 24.3 Å². The summed E-state index contributed by atoms with van der Waals surface area (Å²) < 4.78 is 5.13. The lowest BCUT2D eigenvalue weighted by Crippen LogP contribution is -2.39. The molecular weight excluding hydrogens is 242 g/mol. The third kappa shape index (κ3) is 3.97. The van der Waals surface area contributed by atoms with E-state index >= 15 is 0 Å². The number of nitrogens with zero attached hydrogens (tertiary/aromatic N) is 1. The predicted molar refractivity (Wildman–Crippen MR) is 73.6 cm³/mol. The van der Waals surface area contributed by atoms with Crippen molar-refractivity contribution >= 4 is 11.6 Å². The molecule has 0 aromatic heterocycles. The van der Waals surface area contributed by atoms with Gasteiger partial charge in [0.25, 0.3) is 0 Å². The van der Waals surface area contributed by atoms with Crippen LogP contribution >= 0.6 is 0 Å². The van der Waals surface area contributed by atoms with E-state index in [1.54, 1.807) is 24.3 Å². The topological polar surface area (TPSA) is 88.1 Å². The lowest BCUT2D eigenvalue weighted by Gasteiger charge is -2.24. The van der Waals surface area contributed by atoms with E-state index in [0.29, 0.717) is 24.4 Å². The minimum absolute atomic E-state index is 0.00673. The Labute approximate surface area is 113 Å². The van der Waals surface area contributed by atoms with Gasteiger partial charge in [0.05, 0.1) is 5.41 Å². The minimum atomic E-state index is -0.560. The molecule has 5 heteroatoms. The van der Waals surface area contributed by atoms with Crippen molar-refractivity contribution in [3.05, 3.63) is 24.3 Å². The summed E-state index contributed by atoms with van der Waals surface area (Å²) in [5, 5.41) is 11.2. The molecule has 0 aliphatic heterocycles. The predicted octanol–water partition coefficient (Wildman–Crippen LogP) is 1.90. The Morgan fingerprint density at radius 3 is 2.58 bits per heavy atom. The van der Waals surface area contributed by atoms with Crippen LogP contribution in [0, 0.1) is 16.7 Å². The van der Waals surface area contributed by atoms with Gasteiger partial charge in [0.1, 0.15) is 11.8 Å². The number of nitriles is 1. The third-order valence-corrected chi connectivity index (χ3v) is 3.19. The zero-order valence-electron chi connectivity index (χ0n) is 11.3. The number of nitrogens with two attached hydrogens (primary N) is 1. The molecule has 0 aliphatic rings. The SMILES string of the molecule is CCC(C)(CN)C(=O)Nc1ccc(OCC#N)cc1. The van der Waals surface area contributed by atoms with Gasteiger partial charge in [-0.2, -0.15) is 5.26 Å². The van der Waals surface area contributed by atoms with E-state index in [0.717, 1.165) is 0 Å². The second kappa shape index (κ2) is 6.76. The molecule has 0 spiro atoms. The van der Waals surface area contributed by atoms with E-state index in [9.17, 15) is 4.79 Å². The van der Waals surface area contributed by atoms with E-state index < -0.39 is 5.41 Å². The van der Waals surface area contributed by atoms with Crippen molar-refractivity contribution in [3.63, 3.8) is 0 Å². The van der Waals surface area contributed by atoms with Gasteiger partial charge in [-0.25, -0.2) is 0 Å². The molecular formula is C14H19N3O2. The number of hydrogen-bond acceptors (Lipinski definition) is 4. The summed E-state index contributed by atoms with van der Waals surface area (Å²) in [6, 6.07) is 8.77. The van der Waals surface area contributed by atoms with Crippen LogP contribution < -0.4 is 15.8 Å². The van der Waals surface area contributed by atoms with Crippen molar-refractivity contribution in [1.82, 2.24) is 0 Å². The third-order valence-electron chi connectivity index (χ3n) is 3.19. The van der Waals surface area contributed by atoms with E-state index in [-0.39, 0.29) is 12.5 Å². The van der Waals surface area contributed by atoms with Crippen LogP contribution in [0.1, 0.15) is 20.3 Å². The van der Waals surface area contributed by atoms with Gasteiger partial charge in [-0.15, -0.1) is 0 Å². The molecule has 1 amide bonds. The van der Waals surface area contributed by atoms with Crippen LogP contribution in [-0.2, 0) is 4.79 Å². The molecule has 3 N–H and O–H groups in total. The van der Waals surface area contributed by atoms with Gasteiger partial charge in [-0.05, 0) is 37.6 Å². The highest BCUT2D eigenvalue weighted by Gasteiger charge is 2.29. The summed E-state index contributed by atoms with van der Waals surface area (Å²) in [5.41, 5.74) is 5.76. The van der Waals surface area contributed by atoms with Crippen molar-refractivity contribution in [2.45, 2.75) is 20.3 Å². The summed E-state index contributed by atoms with van der Waals surface area (Å²) in [7, 11) is 0. The van der Waals surface area contributed by atoms with Crippen molar-refractivity contribution < 1.29 is 9.53 Å². The standard InChI is InChI=1S/C14H19N3O2/c1-3-14(2,10-16)13(18)17-11-4-6-12(7-5-11)19-9-8-15/h4-7H,3,9-10,16H2,1-2H3,(H,17,18). The fraction of sp³-hybridized carbons (Fsp3) is 0.429. The molecule has 0 bridgehead atoms. The number of hydrogen-bond donors (Lipinski definition) is 2. The maximum absolute atomic E-state index is 12.1. The number of nitrogens with one attached hydrogen (secondary N) is 1. The van der Waals surface area contributed by atoms with Gasteiger partial charge in [0.15, 0.2) is 6.61 Å². The summed E-state index contributed by atoms with van der Waals surface area (Å²) in [5.74, 6) is 0.500. The fourth-order valence-electron chi connectivity index (χ4n) is 1.43. The Morgan fingerprint density at radius 2 is 2.11 bits per heavy atom. The van der Waals surface area contributed by atoms with Crippen LogP contribution in [-0.4, -0.2) is 19.1 Å². The monoisotopic (exact) mass is 261 g/mol. The number of carbonyl (C=O) groups is 1. The zero-order chi connectivity index (χ0) is 14.3. The van der Waals surface area contributed by atoms with E-state index in [1.807, 2.05) is 19.9 Å². The Kier molecular flexibility index (Phi) is 5.34. The van der Waals surface area contributed by atoms with Crippen LogP contribution in [0.5, 0.6) is 5.75 Å². The number of amides is 1. The van der Waals surface area contributed by atoms with Gasteiger partial charge in [0, 0.05) is 12.2 Å². The second-order valence-electron chi connectivity index (χ2n) is 4.54. The van der Waals surface area contributed by atoms with Crippen LogP contribution in [0.3, 0.4) is 0 Å². The number of ether oxygens (including phenoxy) is 1. The summed E-state index contributed by atoms with van der Waals surface area (Å²) >= 11 is 0.